The van der Waals surface area contributed by atoms with E-state index in [0.29, 0.717) is 0 Å². The van der Waals surface area contributed by atoms with Gasteiger partial charge in [0, 0.05) is 0 Å². The quantitative estimate of drug-likeness (QED) is 0.267. The van der Waals surface area contributed by atoms with Crippen molar-refractivity contribution in [3.8, 4) is 0 Å². The number of hydrogen-bond acceptors (Lipinski definition) is 7. The predicted molar refractivity (Wildman–Crippen MR) is 54.2 cm³/mol. The molecule has 0 aliphatic heterocycles. The molecule has 0 fully saturated rings. The van der Waals surface area contributed by atoms with E-state index in [0.717, 1.165) is 6.92 Å². The Labute approximate surface area is 97.7 Å². The molecule has 0 aliphatic rings. The zero-order valence-electron chi connectivity index (χ0n) is 9.30. The van der Waals surface area contributed by atoms with Gasteiger partial charge in [0.1, 0.15) is 24.4 Å². The number of aliphatic hydroxyl groups excluding tert-OH is 5. The third-order valence-corrected chi connectivity index (χ3v) is 2.19. The molecular weight excluding hydrogens is 236 g/mol. The van der Waals surface area contributed by atoms with Gasteiger partial charge in [-0.25, -0.2) is 4.79 Å². The molecule has 17 heavy (non-hydrogen) atoms. The molecule has 8 nitrogen and oxygen atoms in total. The molecule has 6 N–H and O–H groups in total. The largest absolute Gasteiger partial charge is 0.479 e. The van der Waals surface area contributed by atoms with E-state index in [4.69, 9.17) is 20.1 Å². The molecule has 0 saturated heterocycles. The van der Waals surface area contributed by atoms with Crippen molar-refractivity contribution in [3.05, 3.63) is 0 Å². The fourth-order valence-electron chi connectivity index (χ4n) is 1.12. The van der Waals surface area contributed by atoms with Gasteiger partial charge in [-0.3, -0.25) is 0 Å². The van der Waals surface area contributed by atoms with Crippen LogP contribution in [0.5, 0.6) is 0 Å². The molecule has 0 aromatic rings. The maximum atomic E-state index is 10.5. The van der Waals surface area contributed by atoms with Gasteiger partial charge in [-0.2, -0.15) is 0 Å². The summed E-state index contributed by atoms with van der Waals surface area (Å²) in [7, 11) is 0. The van der Waals surface area contributed by atoms with Crippen LogP contribution in [-0.2, 0) is 9.53 Å². The highest BCUT2D eigenvalue weighted by Crippen LogP contribution is 2.12. The number of aliphatic carboxylic acids is 1. The summed E-state index contributed by atoms with van der Waals surface area (Å²) in [6, 6.07) is 0. The van der Waals surface area contributed by atoms with Crippen molar-refractivity contribution in [1.82, 2.24) is 0 Å². The normalized spacial score (nSPS) is 20.4. The lowest BCUT2D eigenvalue weighted by atomic mass is 10.0. The third-order valence-electron chi connectivity index (χ3n) is 2.19. The minimum atomic E-state index is -1.72. The Morgan fingerprint density at radius 3 is 1.94 bits per heavy atom. The second kappa shape index (κ2) is 7.54. The van der Waals surface area contributed by atoms with Crippen molar-refractivity contribution >= 4 is 5.97 Å². The fourth-order valence-corrected chi connectivity index (χ4v) is 1.12. The summed E-state index contributed by atoms with van der Waals surface area (Å²) in [5.41, 5.74) is 0. The summed E-state index contributed by atoms with van der Waals surface area (Å²) in [5, 5.41) is 54.0. The molecule has 0 aliphatic carbocycles. The summed E-state index contributed by atoms with van der Waals surface area (Å²) in [6.07, 6.45) is -7.77. The van der Waals surface area contributed by atoms with Gasteiger partial charge in [0.25, 0.3) is 0 Å². The highest BCUT2D eigenvalue weighted by atomic mass is 16.5. The number of hydrogen-bond donors (Lipinski definition) is 6. The molecule has 0 bridgehead atoms. The first-order valence-corrected chi connectivity index (χ1v) is 4.99. The SMILES string of the molecule is C[C@H](O[C@@H]([C@H](O)[C@H](O)CO)[C@H](O)CO)C(=O)O. The second-order valence-electron chi connectivity index (χ2n) is 3.57. The molecule has 5 atom stereocenters. The van der Waals surface area contributed by atoms with E-state index in [1.165, 1.54) is 0 Å². The van der Waals surface area contributed by atoms with Crippen LogP contribution in [-0.4, -0.2) is 80.3 Å². The van der Waals surface area contributed by atoms with Crippen LogP contribution in [0.3, 0.4) is 0 Å². The van der Waals surface area contributed by atoms with Crippen LogP contribution in [0.25, 0.3) is 0 Å². The van der Waals surface area contributed by atoms with Crippen LogP contribution in [0.15, 0.2) is 0 Å². The lowest BCUT2D eigenvalue weighted by molar-refractivity contribution is -0.182. The van der Waals surface area contributed by atoms with Crippen molar-refractivity contribution in [1.29, 1.82) is 0 Å². The highest BCUT2D eigenvalue weighted by Gasteiger charge is 2.34. The number of aliphatic hydroxyl groups is 5. The van der Waals surface area contributed by atoms with Gasteiger partial charge in [-0.05, 0) is 6.92 Å². The van der Waals surface area contributed by atoms with Gasteiger partial charge in [0.15, 0.2) is 6.10 Å². The fraction of sp³-hybridized carbons (Fsp3) is 0.889. The van der Waals surface area contributed by atoms with Crippen molar-refractivity contribution in [2.75, 3.05) is 13.2 Å². The van der Waals surface area contributed by atoms with Gasteiger partial charge >= 0.3 is 5.97 Å². The zero-order chi connectivity index (χ0) is 13.6. The topological polar surface area (TPSA) is 148 Å². The Bertz CT molecular complexity index is 233. The first-order valence-electron chi connectivity index (χ1n) is 4.99. The number of carboxylic acid groups (broad SMARTS) is 1. The molecule has 0 saturated carbocycles. The Balaban J connectivity index is 4.69. The summed E-state index contributed by atoms with van der Waals surface area (Å²) >= 11 is 0. The molecule has 8 heteroatoms. The first-order chi connectivity index (χ1) is 7.84. The van der Waals surface area contributed by atoms with Gasteiger partial charge in [0.2, 0.25) is 0 Å². The third kappa shape index (κ3) is 4.94. The average molecular weight is 254 g/mol. The highest BCUT2D eigenvalue weighted by molar-refractivity contribution is 5.71. The lowest BCUT2D eigenvalue weighted by Gasteiger charge is -2.30. The van der Waals surface area contributed by atoms with E-state index in [1.54, 1.807) is 0 Å². The second-order valence-corrected chi connectivity index (χ2v) is 3.57. The van der Waals surface area contributed by atoms with Crippen LogP contribution in [0.1, 0.15) is 6.92 Å². The van der Waals surface area contributed by atoms with Gasteiger partial charge in [0.05, 0.1) is 13.2 Å². The summed E-state index contributed by atoms with van der Waals surface area (Å²) in [6.45, 7) is -0.412. The summed E-state index contributed by atoms with van der Waals surface area (Å²) in [5.74, 6) is -1.33. The van der Waals surface area contributed by atoms with E-state index in [2.05, 4.69) is 0 Å². The van der Waals surface area contributed by atoms with E-state index < -0.39 is 49.7 Å². The molecule has 0 rings (SSSR count). The number of carboxylic acids is 1. The van der Waals surface area contributed by atoms with Crippen LogP contribution in [0.2, 0.25) is 0 Å². The molecule has 0 aromatic carbocycles. The molecule has 0 unspecified atom stereocenters. The smallest absolute Gasteiger partial charge is 0.332 e. The van der Waals surface area contributed by atoms with Gasteiger partial charge in [-0.1, -0.05) is 0 Å². The van der Waals surface area contributed by atoms with Crippen LogP contribution in [0, 0.1) is 0 Å². The van der Waals surface area contributed by atoms with Gasteiger partial charge < -0.3 is 35.4 Å². The Morgan fingerprint density at radius 1 is 1.12 bits per heavy atom. The Kier molecular flexibility index (Phi) is 7.19. The lowest BCUT2D eigenvalue weighted by Crippen LogP contribution is -2.50. The van der Waals surface area contributed by atoms with Crippen molar-refractivity contribution in [3.63, 3.8) is 0 Å². The van der Waals surface area contributed by atoms with Crippen molar-refractivity contribution < 1.29 is 40.2 Å². The molecule has 0 aromatic heterocycles. The molecule has 0 radical (unpaired) electrons. The Hall–Kier alpha value is -0.770. The molecule has 0 heterocycles. The van der Waals surface area contributed by atoms with Crippen LogP contribution in [0.4, 0.5) is 0 Å². The predicted octanol–water partition coefficient (Wildman–Crippen LogP) is -3.09. The standard InChI is InChI=1S/C9H18O8/c1-4(9(15)16)17-8(6(13)3-11)7(14)5(12)2-10/h4-8,10-14H,2-3H2,1H3,(H,15,16)/t4-,5+,6+,7+,8+/m0/s1. The molecule has 102 valence electrons. The van der Waals surface area contributed by atoms with Crippen molar-refractivity contribution in [2.45, 2.75) is 37.4 Å². The zero-order valence-corrected chi connectivity index (χ0v) is 9.30. The van der Waals surface area contributed by atoms with Crippen LogP contribution >= 0.6 is 0 Å². The maximum Gasteiger partial charge on any atom is 0.332 e. The maximum absolute atomic E-state index is 10.5. The van der Waals surface area contributed by atoms with Gasteiger partial charge in [-0.15, -0.1) is 0 Å². The number of ether oxygens (including phenoxy) is 1. The minimum Gasteiger partial charge on any atom is -0.479 e. The molecule has 0 spiro atoms. The average Bonchev–Trinajstić information content (AvgIpc) is 2.32. The molecule has 0 amide bonds. The van der Waals surface area contributed by atoms with E-state index in [1.807, 2.05) is 0 Å². The summed E-state index contributed by atoms with van der Waals surface area (Å²) < 4.78 is 4.82. The van der Waals surface area contributed by atoms with Crippen LogP contribution < -0.4 is 0 Å². The number of rotatable bonds is 8. The van der Waals surface area contributed by atoms with E-state index in [9.17, 15) is 20.1 Å². The Morgan fingerprint density at radius 2 is 1.59 bits per heavy atom. The van der Waals surface area contributed by atoms with Crippen molar-refractivity contribution in [2.24, 2.45) is 0 Å². The molecular formula is C9H18O8. The summed E-state index contributed by atoms with van der Waals surface area (Å²) in [4.78, 5) is 10.5. The number of carbonyl (C=O) groups is 1. The van der Waals surface area contributed by atoms with E-state index >= 15 is 0 Å². The monoisotopic (exact) mass is 254 g/mol. The van der Waals surface area contributed by atoms with E-state index in [-0.39, 0.29) is 0 Å². The minimum absolute atomic E-state index is 0.786. The first kappa shape index (κ1) is 16.2.